The van der Waals surface area contributed by atoms with Crippen LogP contribution < -0.4 is 5.73 Å². The summed E-state index contributed by atoms with van der Waals surface area (Å²) in [6.45, 7) is 2.48. The molecule has 0 aliphatic carbocycles. The molecule has 1 heterocycles. The third kappa shape index (κ3) is 2.37. The summed E-state index contributed by atoms with van der Waals surface area (Å²) in [6.07, 6.45) is -0.00274. The van der Waals surface area contributed by atoms with E-state index in [0.29, 0.717) is 27.1 Å². The zero-order valence-corrected chi connectivity index (χ0v) is 11.7. The van der Waals surface area contributed by atoms with Crippen LogP contribution in [0, 0.1) is 9.39 Å². The molecule has 4 nitrogen and oxygen atoms in total. The third-order valence-electron chi connectivity index (χ3n) is 2.66. The summed E-state index contributed by atoms with van der Waals surface area (Å²) in [6, 6.07) is 3.15. The second-order valence-electron chi connectivity index (χ2n) is 3.88. The number of hydrogen-bond acceptors (Lipinski definition) is 3. The number of nitrogen functional groups attached to an aromatic ring is 1. The second kappa shape index (κ2) is 4.77. The second-order valence-corrected chi connectivity index (χ2v) is 5.04. The Morgan fingerprint density at radius 3 is 2.94 bits per heavy atom. The minimum atomic E-state index is -0.260. The Hall–Kier alpha value is -0.890. The molecule has 2 N–H and O–H groups in total. The van der Waals surface area contributed by atoms with Crippen LogP contribution in [0.1, 0.15) is 6.92 Å². The number of hydrogen-bond donors (Lipinski definition) is 1. The van der Waals surface area contributed by atoms with Crippen LogP contribution in [-0.2, 0) is 11.3 Å². The van der Waals surface area contributed by atoms with E-state index in [2.05, 4.69) is 4.98 Å². The minimum Gasteiger partial charge on any atom is -0.380 e. The van der Waals surface area contributed by atoms with Gasteiger partial charge in [-0.05, 0) is 35.6 Å². The largest absolute Gasteiger partial charge is 0.380 e. The number of nitrogens with two attached hydrogens (primary N) is 1. The van der Waals surface area contributed by atoms with Crippen molar-refractivity contribution < 1.29 is 9.13 Å². The predicted molar refractivity (Wildman–Crippen MR) is 73.3 cm³/mol. The summed E-state index contributed by atoms with van der Waals surface area (Å²) in [7, 11) is 1.63. The molecule has 2 rings (SSSR count). The van der Waals surface area contributed by atoms with Crippen molar-refractivity contribution in [1.82, 2.24) is 9.55 Å². The van der Waals surface area contributed by atoms with E-state index in [0.717, 1.165) is 0 Å². The first-order chi connectivity index (χ1) is 8.02. The average Bonchev–Trinajstić information content (AvgIpc) is 2.56. The van der Waals surface area contributed by atoms with Crippen molar-refractivity contribution in [3.8, 4) is 0 Å². The molecular formula is C11H13FIN3O. The number of rotatable bonds is 3. The van der Waals surface area contributed by atoms with Crippen molar-refractivity contribution in [2.75, 3.05) is 12.8 Å². The topological polar surface area (TPSA) is 53.1 Å². The zero-order valence-electron chi connectivity index (χ0n) is 9.58. The first-order valence-corrected chi connectivity index (χ1v) is 6.24. The Balaban J connectivity index is 2.54. The summed E-state index contributed by atoms with van der Waals surface area (Å²) in [5.74, 6) is 0.120. The summed E-state index contributed by atoms with van der Waals surface area (Å²) >= 11 is 1.94. The summed E-state index contributed by atoms with van der Waals surface area (Å²) < 4.78 is 21.0. The van der Waals surface area contributed by atoms with E-state index < -0.39 is 0 Å². The van der Waals surface area contributed by atoms with Gasteiger partial charge in [0.1, 0.15) is 5.82 Å². The summed E-state index contributed by atoms with van der Waals surface area (Å²) in [5, 5.41) is 0. The van der Waals surface area contributed by atoms with Crippen molar-refractivity contribution in [1.29, 1.82) is 0 Å². The van der Waals surface area contributed by atoms with E-state index in [-0.39, 0.29) is 11.9 Å². The van der Waals surface area contributed by atoms with Gasteiger partial charge in [0.05, 0.1) is 27.3 Å². The molecule has 0 aliphatic rings. The van der Waals surface area contributed by atoms with E-state index in [1.807, 2.05) is 29.5 Å². The molecule has 2 aromatic rings. The molecule has 0 saturated heterocycles. The molecule has 17 heavy (non-hydrogen) atoms. The molecule has 1 atom stereocenters. The van der Waals surface area contributed by atoms with Crippen LogP contribution in [0.15, 0.2) is 12.1 Å². The summed E-state index contributed by atoms with van der Waals surface area (Å²) in [4.78, 5) is 4.22. The zero-order chi connectivity index (χ0) is 12.6. The van der Waals surface area contributed by atoms with Crippen LogP contribution in [0.3, 0.4) is 0 Å². The van der Waals surface area contributed by atoms with Crippen molar-refractivity contribution in [2.24, 2.45) is 0 Å². The molecule has 0 amide bonds. The smallest absolute Gasteiger partial charge is 0.201 e. The van der Waals surface area contributed by atoms with Crippen molar-refractivity contribution in [3.05, 3.63) is 21.5 Å². The highest BCUT2D eigenvalue weighted by atomic mass is 127. The van der Waals surface area contributed by atoms with Gasteiger partial charge in [-0.1, -0.05) is 0 Å². The molecule has 0 aliphatic heterocycles. The molecule has 1 aromatic carbocycles. The lowest BCUT2D eigenvalue weighted by atomic mass is 10.3. The Morgan fingerprint density at radius 2 is 2.29 bits per heavy atom. The number of halogens is 2. The highest BCUT2D eigenvalue weighted by Crippen LogP contribution is 2.23. The molecular weight excluding hydrogens is 336 g/mol. The van der Waals surface area contributed by atoms with Crippen LogP contribution in [0.25, 0.3) is 11.0 Å². The van der Waals surface area contributed by atoms with Crippen LogP contribution in [-0.4, -0.2) is 22.8 Å². The SMILES string of the molecule is COC(C)Cn1c(N)nc2cc(I)c(F)cc21. The van der Waals surface area contributed by atoms with Gasteiger partial charge >= 0.3 is 0 Å². The average molecular weight is 349 g/mol. The number of nitrogens with zero attached hydrogens (tertiary/aromatic N) is 2. The predicted octanol–water partition coefficient (Wildman–Crippen LogP) is 2.40. The molecule has 92 valence electrons. The number of ether oxygens (including phenoxy) is 1. The molecule has 0 spiro atoms. The van der Waals surface area contributed by atoms with E-state index in [4.69, 9.17) is 10.5 Å². The molecule has 6 heteroatoms. The van der Waals surface area contributed by atoms with Gasteiger partial charge in [-0.25, -0.2) is 9.37 Å². The lowest BCUT2D eigenvalue weighted by molar-refractivity contribution is 0.105. The van der Waals surface area contributed by atoms with E-state index in [1.54, 1.807) is 17.7 Å². The van der Waals surface area contributed by atoms with Gasteiger partial charge < -0.3 is 15.0 Å². The Bertz CT molecular complexity index is 555. The van der Waals surface area contributed by atoms with Gasteiger partial charge in [-0.2, -0.15) is 0 Å². The van der Waals surface area contributed by atoms with Crippen molar-refractivity contribution >= 4 is 39.6 Å². The summed E-state index contributed by atoms with van der Waals surface area (Å²) in [5.41, 5.74) is 7.23. The number of aromatic nitrogens is 2. The normalized spacial score (nSPS) is 13.2. The fraction of sp³-hybridized carbons (Fsp3) is 0.364. The molecule has 0 radical (unpaired) electrons. The maximum absolute atomic E-state index is 13.5. The number of benzene rings is 1. The monoisotopic (exact) mass is 349 g/mol. The maximum atomic E-state index is 13.5. The molecule has 0 saturated carbocycles. The Morgan fingerprint density at radius 1 is 1.59 bits per heavy atom. The van der Waals surface area contributed by atoms with Gasteiger partial charge in [0, 0.05) is 13.2 Å². The number of fused-ring (bicyclic) bond motifs is 1. The van der Waals surface area contributed by atoms with Crippen molar-refractivity contribution in [2.45, 2.75) is 19.6 Å². The molecule has 1 unspecified atom stereocenters. The van der Waals surface area contributed by atoms with Crippen LogP contribution >= 0.6 is 22.6 Å². The molecule has 0 fully saturated rings. The van der Waals surface area contributed by atoms with Gasteiger partial charge in [0.2, 0.25) is 5.95 Å². The number of methoxy groups -OCH3 is 1. The minimum absolute atomic E-state index is 0.00274. The maximum Gasteiger partial charge on any atom is 0.201 e. The number of imidazole rings is 1. The highest BCUT2D eigenvalue weighted by molar-refractivity contribution is 14.1. The highest BCUT2D eigenvalue weighted by Gasteiger charge is 2.13. The number of anilines is 1. The van der Waals surface area contributed by atoms with Gasteiger partial charge in [0.25, 0.3) is 0 Å². The molecule has 1 aromatic heterocycles. The first kappa shape index (κ1) is 12.6. The standard InChI is InChI=1S/C11H13FIN3O/c1-6(17-2)5-16-10-3-7(12)8(13)4-9(10)15-11(16)14/h3-4,6H,5H2,1-2H3,(H2,14,15). The Kier molecular flexibility index (Phi) is 3.53. The van der Waals surface area contributed by atoms with E-state index >= 15 is 0 Å². The van der Waals surface area contributed by atoms with Crippen LogP contribution in [0.4, 0.5) is 10.3 Å². The quantitative estimate of drug-likeness (QED) is 0.866. The van der Waals surface area contributed by atoms with E-state index in [1.165, 1.54) is 6.07 Å². The van der Waals surface area contributed by atoms with Gasteiger partial charge in [-0.3, -0.25) is 0 Å². The fourth-order valence-corrected chi connectivity index (χ4v) is 2.11. The van der Waals surface area contributed by atoms with Crippen molar-refractivity contribution in [3.63, 3.8) is 0 Å². The van der Waals surface area contributed by atoms with Gasteiger partial charge in [-0.15, -0.1) is 0 Å². The fourth-order valence-electron chi connectivity index (χ4n) is 1.66. The third-order valence-corrected chi connectivity index (χ3v) is 3.49. The first-order valence-electron chi connectivity index (χ1n) is 5.16. The lowest BCUT2D eigenvalue weighted by Gasteiger charge is -2.12. The van der Waals surface area contributed by atoms with E-state index in [9.17, 15) is 4.39 Å². The Labute approximate surface area is 112 Å². The lowest BCUT2D eigenvalue weighted by Crippen LogP contribution is -2.16. The molecule has 0 bridgehead atoms. The van der Waals surface area contributed by atoms with Crippen LogP contribution in [0.2, 0.25) is 0 Å². The van der Waals surface area contributed by atoms with Gasteiger partial charge in [0.15, 0.2) is 0 Å². The van der Waals surface area contributed by atoms with Crippen LogP contribution in [0.5, 0.6) is 0 Å².